The average molecular weight is 671 g/mol. The minimum atomic E-state index is -1.19. The van der Waals surface area contributed by atoms with Gasteiger partial charge in [0.15, 0.2) is 5.78 Å². The van der Waals surface area contributed by atoms with Crippen LogP contribution in [0.1, 0.15) is 85.6 Å². The Labute approximate surface area is 282 Å². The van der Waals surface area contributed by atoms with Gasteiger partial charge in [-0.15, -0.1) is 0 Å². The number of aliphatic hydroxyl groups excluding tert-OH is 3. The highest BCUT2D eigenvalue weighted by Gasteiger charge is 2.74. The molecule has 1 aliphatic heterocycles. The summed E-state index contributed by atoms with van der Waals surface area (Å²) < 4.78 is 2.19. The summed E-state index contributed by atoms with van der Waals surface area (Å²) in [5, 5.41) is 47.4. The molecule has 7 nitrogen and oxygen atoms in total. The molecule has 1 aromatic heterocycles. The first-order valence-electron chi connectivity index (χ1n) is 17.6. The molecule has 0 unspecified atom stereocenters. The molecule has 7 rings (SSSR count). The Morgan fingerprint density at radius 3 is 2.46 bits per heavy atom. The van der Waals surface area contributed by atoms with E-state index in [0.29, 0.717) is 6.42 Å². The molecule has 14 atom stereocenters. The van der Waals surface area contributed by atoms with Crippen LogP contribution in [0.15, 0.2) is 42.5 Å². The molecule has 9 heteroatoms. The van der Waals surface area contributed by atoms with E-state index in [4.69, 9.17) is 0 Å². The lowest BCUT2D eigenvalue weighted by atomic mass is 9.37. The number of aromatic nitrogens is 2. The standard InChI is InChI=1S/C37H54N2O5S2/c1-20-11-29(40)21(2)26-12-23(17-45-46-18-24(16-34(20,3)4)39-10-9-38-19-39)37(44)28-14-30(41)27-13-31(42)33(43)25-8-7-22(15-35(26,37)5)32(28)36(25,27)6/h9-10,14,19,21-27,29,31-33,40,42-44H,1,7-8,11-13,15-18H2,2-6H3/t21-,22+,23+,24+,25+,26+,27-,29+,31+,32-,33-,35+,36-,37+/m0/s1. The lowest BCUT2D eigenvalue weighted by Crippen LogP contribution is -2.69. The van der Waals surface area contributed by atoms with Crippen molar-refractivity contribution in [2.45, 2.75) is 110 Å². The molecule has 4 N–H and O–H groups in total. The first-order valence-corrected chi connectivity index (χ1v) is 20.1. The second-order valence-electron chi connectivity index (χ2n) is 17.1. The van der Waals surface area contributed by atoms with Crippen LogP contribution < -0.4 is 0 Å². The van der Waals surface area contributed by atoms with Crippen molar-refractivity contribution in [3.05, 3.63) is 42.5 Å². The zero-order valence-electron chi connectivity index (χ0n) is 28.1. The molecule has 2 bridgehead atoms. The predicted molar refractivity (Wildman–Crippen MR) is 184 cm³/mol. The van der Waals surface area contributed by atoms with E-state index in [2.05, 4.69) is 50.7 Å². The van der Waals surface area contributed by atoms with Gasteiger partial charge in [0.05, 0.1) is 30.2 Å². The molecule has 254 valence electrons. The SMILES string of the molecule is C=C1C[C@@H](O)[C@@H](C)[C@H]2C[C@H](CSSC[C@H](n3ccnc3)CC1(C)C)[C@@]1(O)C3=CC(=O)[C@@H]4C[C@@H](O)[C@@H](O)[C@H]5CC[C@H](C[C@]21C)[C@@H]3[C@@]54C. The van der Waals surface area contributed by atoms with Gasteiger partial charge < -0.3 is 25.0 Å². The third-order valence-corrected chi connectivity index (χ3v) is 17.2. The Morgan fingerprint density at radius 1 is 1.00 bits per heavy atom. The minimum Gasteiger partial charge on any atom is -0.393 e. The zero-order chi connectivity index (χ0) is 33.0. The molecular formula is C37H54N2O5S2. The zero-order valence-corrected chi connectivity index (χ0v) is 29.8. The van der Waals surface area contributed by atoms with Crippen LogP contribution in [0.5, 0.6) is 0 Å². The van der Waals surface area contributed by atoms with E-state index in [9.17, 15) is 25.2 Å². The van der Waals surface area contributed by atoms with Crippen molar-refractivity contribution < 1.29 is 25.2 Å². The first-order chi connectivity index (χ1) is 21.6. The number of carbonyl (C=O) groups excluding carboxylic acids is 1. The smallest absolute Gasteiger partial charge is 0.159 e. The number of nitrogens with zero attached hydrogens (tertiary/aromatic N) is 2. The summed E-state index contributed by atoms with van der Waals surface area (Å²) in [5.41, 5.74) is -0.407. The number of ketones is 1. The Hall–Kier alpha value is -1.10. The Morgan fingerprint density at radius 2 is 1.74 bits per heavy atom. The Kier molecular flexibility index (Phi) is 8.33. The quantitative estimate of drug-likeness (QED) is 0.217. The number of hydrogen-bond donors (Lipinski definition) is 4. The third kappa shape index (κ3) is 4.68. The van der Waals surface area contributed by atoms with Crippen LogP contribution in [0.2, 0.25) is 0 Å². The molecule has 0 amide bonds. The van der Waals surface area contributed by atoms with Crippen LogP contribution in [0.25, 0.3) is 0 Å². The van der Waals surface area contributed by atoms with Crippen LogP contribution in [0.3, 0.4) is 0 Å². The fourth-order valence-electron chi connectivity index (χ4n) is 12.0. The molecule has 6 aliphatic rings. The number of hydrogen-bond acceptors (Lipinski definition) is 8. The van der Waals surface area contributed by atoms with Crippen molar-refractivity contribution in [3.8, 4) is 0 Å². The van der Waals surface area contributed by atoms with Gasteiger partial charge in [-0.05, 0) is 97.0 Å². The second kappa shape index (κ2) is 11.5. The molecule has 5 fully saturated rings. The summed E-state index contributed by atoms with van der Waals surface area (Å²) in [7, 11) is 3.68. The van der Waals surface area contributed by atoms with Crippen molar-refractivity contribution >= 4 is 27.4 Å². The van der Waals surface area contributed by atoms with E-state index < -0.39 is 34.7 Å². The highest BCUT2D eigenvalue weighted by molar-refractivity contribution is 8.76. The number of allylic oxidation sites excluding steroid dienone is 1. The maximum Gasteiger partial charge on any atom is 0.159 e. The van der Waals surface area contributed by atoms with Gasteiger partial charge in [-0.2, -0.15) is 0 Å². The van der Waals surface area contributed by atoms with Gasteiger partial charge in [-0.1, -0.05) is 68.4 Å². The van der Waals surface area contributed by atoms with Gasteiger partial charge in [0.1, 0.15) is 0 Å². The molecule has 4 saturated carbocycles. The monoisotopic (exact) mass is 670 g/mol. The van der Waals surface area contributed by atoms with Crippen LogP contribution in [0.4, 0.5) is 0 Å². The molecule has 0 aromatic carbocycles. The third-order valence-electron chi connectivity index (χ3n) is 14.7. The fraction of sp³-hybridized carbons (Fsp3) is 0.784. The summed E-state index contributed by atoms with van der Waals surface area (Å²) in [6.45, 7) is 15.6. The molecule has 2 heterocycles. The van der Waals surface area contributed by atoms with Crippen molar-refractivity contribution in [2.75, 3.05) is 11.5 Å². The lowest BCUT2D eigenvalue weighted by Gasteiger charge is -2.67. The summed E-state index contributed by atoms with van der Waals surface area (Å²) in [6.07, 6.45) is 10.3. The number of imidazole rings is 1. The normalized spacial score (nSPS) is 50.6. The van der Waals surface area contributed by atoms with Gasteiger partial charge in [0.25, 0.3) is 0 Å². The fourth-order valence-corrected chi connectivity index (χ4v) is 14.8. The molecule has 5 aliphatic carbocycles. The number of carbonyl (C=O) groups is 1. The van der Waals surface area contributed by atoms with E-state index in [1.165, 1.54) is 0 Å². The summed E-state index contributed by atoms with van der Waals surface area (Å²) in [4.78, 5) is 18.4. The van der Waals surface area contributed by atoms with E-state index in [-0.39, 0.29) is 65.1 Å². The number of rotatable bonds is 1. The molecular weight excluding hydrogens is 617 g/mol. The van der Waals surface area contributed by atoms with Gasteiger partial charge in [-0.25, -0.2) is 4.98 Å². The van der Waals surface area contributed by atoms with Crippen molar-refractivity contribution in [2.24, 2.45) is 57.7 Å². The number of fused-ring (bicyclic) bond motifs is 6. The molecule has 0 spiro atoms. The van der Waals surface area contributed by atoms with E-state index >= 15 is 0 Å². The van der Waals surface area contributed by atoms with Gasteiger partial charge >= 0.3 is 0 Å². The average Bonchev–Trinajstić information content (AvgIpc) is 3.60. The van der Waals surface area contributed by atoms with E-state index in [0.717, 1.165) is 54.8 Å². The van der Waals surface area contributed by atoms with Gasteiger partial charge in [0, 0.05) is 47.2 Å². The van der Waals surface area contributed by atoms with Gasteiger partial charge in [0.2, 0.25) is 0 Å². The van der Waals surface area contributed by atoms with Crippen molar-refractivity contribution in [1.29, 1.82) is 0 Å². The second-order valence-corrected chi connectivity index (χ2v) is 19.7. The molecule has 46 heavy (non-hydrogen) atoms. The number of aliphatic hydroxyl groups is 4. The Balaban J connectivity index is 1.30. The van der Waals surface area contributed by atoms with Crippen molar-refractivity contribution in [3.63, 3.8) is 0 Å². The largest absolute Gasteiger partial charge is 0.393 e. The van der Waals surface area contributed by atoms with Crippen LogP contribution in [-0.2, 0) is 4.79 Å². The molecule has 0 radical (unpaired) electrons. The van der Waals surface area contributed by atoms with Crippen LogP contribution >= 0.6 is 21.6 Å². The molecule has 1 saturated heterocycles. The Bertz CT molecular complexity index is 1400. The van der Waals surface area contributed by atoms with Crippen LogP contribution in [-0.4, -0.2) is 71.2 Å². The van der Waals surface area contributed by atoms with Gasteiger partial charge in [-0.3, -0.25) is 4.79 Å². The molecule has 1 aromatic rings. The van der Waals surface area contributed by atoms with Crippen molar-refractivity contribution in [1.82, 2.24) is 9.55 Å². The van der Waals surface area contributed by atoms with E-state index in [1.54, 1.807) is 6.08 Å². The summed E-state index contributed by atoms with van der Waals surface area (Å²) in [5.74, 6) is 1.40. The van der Waals surface area contributed by atoms with Crippen LogP contribution in [0, 0.1) is 57.7 Å². The maximum atomic E-state index is 14.1. The summed E-state index contributed by atoms with van der Waals surface area (Å²) in [6, 6.07) is 0.215. The highest BCUT2D eigenvalue weighted by Crippen LogP contribution is 2.74. The lowest BCUT2D eigenvalue weighted by molar-refractivity contribution is -0.208. The first kappa shape index (κ1) is 33.4. The highest BCUT2D eigenvalue weighted by atomic mass is 33.1. The maximum absolute atomic E-state index is 14.1. The summed E-state index contributed by atoms with van der Waals surface area (Å²) >= 11 is 0. The topological polar surface area (TPSA) is 116 Å². The van der Waals surface area contributed by atoms with E-state index in [1.807, 2.05) is 40.3 Å². The predicted octanol–water partition coefficient (Wildman–Crippen LogP) is 5.86. The minimum absolute atomic E-state index is 0.00147.